The fourth-order valence-electron chi connectivity index (χ4n) is 2.36. The minimum atomic E-state index is -4.87. The minimum Gasteiger partial charge on any atom is -0.431 e. The van der Waals surface area contributed by atoms with Gasteiger partial charge in [-0.05, 0) is 12.1 Å². The molecule has 7 nitrogen and oxygen atoms in total. The third-order valence-corrected chi connectivity index (χ3v) is 4.84. The number of rotatable bonds is 7. The van der Waals surface area contributed by atoms with Crippen LogP contribution in [-0.4, -0.2) is 43.2 Å². The van der Waals surface area contributed by atoms with Gasteiger partial charge in [0.05, 0.1) is 12.8 Å². The van der Waals surface area contributed by atoms with Crippen LogP contribution in [0.1, 0.15) is 16.2 Å². The Labute approximate surface area is 168 Å². The van der Waals surface area contributed by atoms with E-state index in [1.807, 2.05) is 0 Å². The molecule has 0 fully saturated rings. The van der Waals surface area contributed by atoms with Crippen molar-refractivity contribution in [3.63, 3.8) is 0 Å². The number of carbonyl (C=O) groups excluding carboxylic acids is 1. The van der Waals surface area contributed by atoms with E-state index in [0.717, 1.165) is 11.3 Å². The van der Waals surface area contributed by atoms with Gasteiger partial charge in [0.1, 0.15) is 5.00 Å². The molecule has 0 saturated heterocycles. The van der Waals surface area contributed by atoms with Gasteiger partial charge in [-0.1, -0.05) is 29.5 Å². The predicted molar refractivity (Wildman–Crippen MR) is 102 cm³/mol. The summed E-state index contributed by atoms with van der Waals surface area (Å²) in [6.07, 6.45) is -3.50. The molecule has 0 saturated carbocycles. The third kappa shape index (κ3) is 4.93. The summed E-state index contributed by atoms with van der Waals surface area (Å²) < 4.78 is 50.0. The lowest BCUT2D eigenvalue weighted by atomic mass is 10.2. The van der Waals surface area contributed by atoms with E-state index < -0.39 is 23.5 Å². The van der Waals surface area contributed by atoms with Crippen LogP contribution in [0, 0.1) is 0 Å². The Hall–Kier alpha value is -2.92. The van der Waals surface area contributed by atoms with Crippen molar-refractivity contribution in [3.05, 3.63) is 48.0 Å². The van der Waals surface area contributed by atoms with Gasteiger partial charge >= 0.3 is 6.18 Å². The van der Waals surface area contributed by atoms with Gasteiger partial charge in [0, 0.05) is 26.3 Å². The molecule has 0 aliphatic carbocycles. The average Bonchev–Trinajstić information content (AvgIpc) is 3.34. The monoisotopic (exact) mass is 426 g/mol. The van der Waals surface area contributed by atoms with Crippen LogP contribution in [0.25, 0.3) is 11.5 Å². The van der Waals surface area contributed by atoms with E-state index in [-0.39, 0.29) is 10.9 Å². The van der Waals surface area contributed by atoms with E-state index in [1.54, 1.807) is 49.4 Å². The molecule has 2 heterocycles. The maximum absolute atomic E-state index is 13.4. The number of nitrogens with one attached hydrogen (secondary N) is 1. The minimum absolute atomic E-state index is 0.284. The second-order valence-electron chi connectivity index (χ2n) is 5.94. The number of hydrogen-bond acceptors (Lipinski definition) is 7. The van der Waals surface area contributed by atoms with E-state index in [4.69, 9.17) is 9.15 Å². The van der Waals surface area contributed by atoms with Crippen LogP contribution in [-0.2, 0) is 10.9 Å². The molecular weight excluding hydrogens is 409 g/mol. The van der Waals surface area contributed by atoms with E-state index in [1.165, 1.54) is 6.20 Å². The molecule has 0 bridgehead atoms. The second kappa shape index (κ2) is 8.62. The number of anilines is 2. The number of oxazole rings is 1. The standard InChI is InChI=1S/C18H17F3N4O3S/c1-25(8-9-27-2)17-22-10-12(29-17)23-15(26)13-14(18(19,20)21)28-16(24-13)11-6-4-3-5-7-11/h3-7,10H,8-9H2,1-2H3,(H,23,26). The molecule has 0 atom stereocenters. The van der Waals surface area contributed by atoms with E-state index in [0.29, 0.717) is 23.8 Å². The van der Waals surface area contributed by atoms with Crippen LogP contribution in [0.4, 0.5) is 23.3 Å². The zero-order valence-electron chi connectivity index (χ0n) is 15.5. The molecule has 2 aromatic heterocycles. The lowest BCUT2D eigenvalue weighted by Crippen LogP contribution is -2.21. The zero-order valence-corrected chi connectivity index (χ0v) is 16.3. The van der Waals surface area contributed by atoms with Gasteiger partial charge in [0.15, 0.2) is 10.8 Å². The first-order valence-corrected chi connectivity index (χ1v) is 9.22. The number of amides is 1. The predicted octanol–water partition coefficient (Wildman–Crippen LogP) is 4.15. The number of methoxy groups -OCH3 is 1. The van der Waals surface area contributed by atoms with Gasteiger partial charge in [0.2, 0.25) is 11.7 Å². The van der Waals surface area contributed by atoms with Crippen molar-refractivity contribution >= 4 is 27.4 Å². The molecule has 3 aromatic rings. The van der Waals surface area contributed by atoms with E-state index in [2.05, 4.69) is 15.3 Å². The summed E-state index contributed by atoms with van der Waals surface area (Å²) in [6, 6.07) is 8.05. The van der Waals surface area contributed by atoms with Crippen molar-refractivity contribution in [3.8, 4) is 11.5 Å². The molecule has 0 radical (unpaired) electrons. The molecule has 1 amide bonds. The maximum atomic E-state index is 13.4. The normalized spacial score (nSPS) is 11.5. The quantitative estimate of drug-likeness (QED) is 0.611. The Morgan fingerprint density at radius 2 is 2.03 bits per heavy atom. The van der Waals surface area contributed by atoms with Crippen molar-refractivity contribution in [1.82, 2.24) is 9.97 Å². The first-order valence-electron chi connectivity index (χ1n) is 8.40. The molecule has 0 aliphatic rings. The zero-order chi connectivity index (χ0) is 21.0. The summed E-state index contributed by atoms with van der Waals surface area (Å²) in [4.78, 5) is 22.2. The Balaban J connectivity index is 1.84. The molecule has 3 rings (SSSR count). The van der Waals surface area contributed by atoms with Crippen LogP contribution in [0.15, 0.2) is 40.9 Å². The number of benzene rings is 1. The molecule has 29 heavy (non-hydrogen) atoms. The fraction of sp³-hybridized carbons (Fsp3) is 0.278. The fourth-order valence-corrected chi connectivity index (χ4v) is 3.16. The van der Waals surface area contributed by atoms with Crippen LogP contribution >= 0.6 is 11.3 Å². The van der Waals surface area contributed by atoms with Crippen LogP contribution in [0.3, 0.4) is 0 Å². The highest BCUT2D eigenvalue weighted by molar-refractivity contribution is 7.19. The topological polar surface area (TPSA) is 80.5 Å². The number of nitrogens with zero attached hydrogens (tertiary/aromatic N) is 3. The van der Waals surface area contributed by atoms with Crippen molar-refractivity contribution in [2.45, 2.75) is 6.18 Å². The van der Waals surface area contributed by atoms with Crippen molar-refractivity contribution in [2.75, 3.05) is 37.5 Å². The summed E-state index contributed by atoms with van der Waals surface area (Å²) in [6.45, 7) is 1.05. The van der Waals surface area contributed by atoms with Crippen LogP contribution < -0.4 is 10.2 Å². The number of halogens is 3. The molecule has 0 aliphatic heterocycles. The summed E-state index contributed by atoms with van der Waals surface area (Å²) >= 11 is 1.12. The van der Waals surface area contributed by atoms with Gasteiger partial charge in [-0.2, -0.15) is 13.2 Å². The Bertz CT molecular complexity index is 972. The van der Waals surface area contributed by atoms with E-state index >= 15 is 0 Å². The SMILES string of the molecule is COCCN(C)c1ncc(NC(=O)c2nc(-c3ccccc3)oc2C(F)(F)F)s1. The van der Waals surface area contributed by atoms with Crippen molar-refractivity contribution in [1.29, 1.82) is 0 Å². The highest BCUT2D eigenvalue weighted by Gasteiger charge is 2.42. The first-order chi connectivity index (χ1) is 13.8. The number of alkyl halides is 3. The lowest BCUT2D eigenvalue weighted by molar-refractivity contribution is -0.153. The van der Waals surface area contributed by atoms with Gasteiger partial charge < -0.3 is 19.4 Å². The Morgan fingerprint density at radius 1 is 1.31 bits per heavy atom. The number of thiazole rings is 1. The molecule has 0 unspecified atom stereocenters. The maximum Gasteiger partial charge on any atom is 0.452 e. The second-order valence-corrected chi connectivity index (χ2v) is 6.95. The summed E-state index contributed by atoms with van der Waals surface area (Å²) in [5, 5.41) is 3.27. The lowest BCUT2D eigenvalue weighted by Gasteiger charge is -2.14. The van der Waals surface area contributed by atoms with Gasteiger partial charge in [0.25, 0.3) is 5.91 Å². The van der Waals surface area contributed by atoms with Gasteiger partial charge in [-0.25, -0.2) is 9.97 Å². The molecule has 0 spiro atoms. The largest absolute Gasteiger partial charge is 0.452 e. The summed E-state index contributed by atoms with van der Waals surface area (Å²) in [5.41, 5.74) is -0.504. The van der Waals surface area contributed by atoms with Gasteiger partial charge in [-0.15, -0.1) is 0 Å². The number of carbonyl (C=O) groups is 1. The van der Waals surface area contributed by atoms with Crippen molar-refractivity contribution < 1.29 is 27.1 Å². The third-order valence-electron chi connectivity index (χ3n) is 3.81. The molecule has 1 aromatic carbocycles. The number of hydrogen-bond donors (Lipinski definition) is 1. The smallest absolute Gasteiger partial charge is 0.431 e. The Kier molecular flexibility index (Phi) is 6.18. The average molecular weight is 426 g/mol. The first kappa shape index (κ1) is 20.8. The number of ether oxygens (including phenoxy) is 1. The number of likely N-dealkylation sites (N-methyl/N-ethyl adjacent to an activating group) is 1. The molecule has 1 N–H and O–H groups in total. The molecular formula is C18H17F3N4O3S. The molecule has 154 valence electrons. The molecule has 11 heteroatoms. The highest BCUT2D eigenvalue weighted by Crippen LogP contribution is 2.36. The van der Waals surface area contributed by atoms with E-state index in [9.17, 15) is 18.0 Å². The van der Waals surface area contributed by atoms with Crippen LogP contribution in [0.2, 0.25) is 0 Å². The number of aromatic nitrogens is 2. The van der Waals surface area contributed by atoms with Gasteiger partial charge in [-0.3, -0.25) is 4.79 Å². The summed E-state index contributed by atoms with van der Waals surface area (Å²) in [7, 11) is 3.36. The van der Waals surface area contributed by atoms with Crippen molar-refractivity contribution in [2.24, 2.45) is 0 Å². The highest BCUT2D eigenvalue weighted by atomic mass is 32.1. The summed E-state index contributed by atoms with van der Waals surface area (Å²) in [5.74, 6) is -2.76. The van der Waals surface area contributed by atoms with Crippen LogP contribution in [0.5, 0.6) is 0 Å². The Morgan fingerprint density at radius 3 is 2.69 bits per heavy atom.